The van der Waals surface area contributed by atoms with E-state index in [2.05, 4.69) is 5.10 Å². The molecule has 100 valence electrons. The van der Waals surface area contributed by atoms with Crippen molar-refractivity contribution >= 4 is 5.71 Å². The molecule has 1 aliphatic heterocycles. The Kier molecular flexibility index (Phi) is 3.23. The van der Waals surface area contributed by atoms with E-state index < -0.39 is 24.4 Å². The van der Waals surface area contributed by atoms with Gasteiger partial charge in [0.15, 0.2) is 0 Å². The van der Waals surface area contributed by atoms with Crippen LogP contribution < -0.4 is 0 Å². The first-order valence-electron chi connectivity index (χ1n) is 5.92. The van der Waals surface area contributed by atoms with E-state index in [-0.39, 0.29) is 6.42 Å². The van der Waals surface area contributed by atoms with Gasteiger partial charge in [-0.3, -0.25) is 0 Å². The van der Waals surface area contributed by atoms with Crippen molar-refractivity contribution in [1.82, 2.24) is 5.01 Å². The lowest BCUT2D eigenvalue weighted by atomic mass is 9.87. The van der Waals surface area contributed by atoms with Crippen LogP contribution in [-0.4, -0.2) is 34.3 Å². The summed E-state index contributed by atoms with van der Waals surface area (Å²) in [6.07, 6.45) is -1.82. The molecular formula is C11H14F3N3O. The molecule has 0 aromatic heterocycles. The van der Waals surface area contributed by atoms with Gasteiger partial charge in [-0.15, -0.1) is 0 Å². The van der Waals surface area contributed by atoms with E-state index in [9.17, 15) is 18.3 Å². The Morgan fingerprint density at radius 1 is 1.44 bits per heavy atom. The van der Waals surface area contributed by atoms with Gasteiger partial charge in [0.1, 0.15) is 6.54 Å². The Hall–Kier alpha value is -1.29. The lowest BCUT2D eigenvalue weighted by Crippen LogP contribution is -2.59. The molecule has 18 heavy (non-hydrogen) atoms. The maximum absolute atomic E-state index is 13.1. The third kappa shape index (κ3) is 1.85. The van der Waals surface area contributed by atoms with Crippen LogP contribution in [0, 0.1) is 17.2 Å². The Morgan fingerprint density at radius 3 is 2.78 bits per heavy atom. The number of aliphatic hydroxyl groups is 1. The van der Waals surface area contributed by atoms with Gasteiger partial charge in [-0.1, -0.05) is 12.8 Å². The van der Waals surface area contributed by atoms with E-state index in [1.54, 1.807) is 6.07 Å². The first-order chi connectivity index (χ1) is 8.41. The predicted octanol–water partition coefficient (Wildman–Crippen LogP) is 2.01. The zero-order valence-corrected chi connectivity index (χ0v) is 9.74. The molecule has 0 radical (unpaired) electrons. The van der Waals surface area contributed by atoms with Crippen LogP contribution in [-0.2, 0) is 0 Å². The van der Waals surface area contributed by atoms with Crippen LogP contribution in [0.5, 0.6) is 0 Å². The van der Waals surface area contributed by atoms with Crippen molar-refractivity contribution in [2.24, 2.45) is 11.0 Å². The second kappa shape index (κ2) is 4.43. The normalized spacial score (nSPS) is 32.5. The van der Waals surface area contributed by atoms with Crippen molar-refractivity contribution < 1.29 is 18.3 Å². The van der Waals surface area contributed by atoms with Crippen molar-refractivity contribution in [2.75, 3.05) is 6.54 Å². The van der Waals surface area contributed by atoms with Gasteiger partial charge in [0, 0.05) is 5.71 Å². The van der Waals surface area contributed by atoms with Gasteiger partial charge in [-0.25, -0.2) is 5.01 Å². The van der Waals surface area contributed by atoms with Gasteiger partial charge in [-0.2, -0.15) is 23.5 Å². The van der Waals surface area contributed by atoms with Crippen LogP contribution in [0.25, 0.3) is 0 Å². The highest BCUT2D eigenvalue weighted by Gasteiger charge is 2.66. The molecule has 2 rings (SSSR count). The van der Waals surface area contributed by atoms with Crippen molar-refractivity contribution in [3.8, 4) is 6.07 Å². The lowest BCUT2D eigenvalue weighted by molar-refractivity contribution is -0.321. The second-order valence-electron chi connectivity index (χ2n) is 4.68. The molecule has 0 bridgehead atoms. The third-order valence-electron chi connectivity index (χ3n) is 3.59. The van der Waals surface area contributed by atoms with E-state index in [0.717, 1.165) is 12.8 Å². The fraction of sp³-hybridized carbons (Fsp3) is 0.818. The summed E-state index contributed by atoms with van der Waals surface area (Å²) in [5, 5.41) is 23.0. The van der Waals surface area contributed by atoms with Crippen molar-refractivity contribution in [2.45, 2.75) is 44.0 Å². The van der Waals surface area contributed by atoms with Gasteiger partial charge >= 0.3 is 6.18 Å². The quantitative estimate of drug-likeness (QED) is 0.734. The number of nitrogens with zero attached hydrogens (tertiary/aromatic N) is 3. The van der Waals surface area contributed by atoms with E-state index in [1.807, 2.05) is 0 Å². The number of hydrogen-bond acceptors (Lipinski definition) is 4. The molecule has 0 unspecified atom stereocenters. The van der Waals surface area contributed by atoms with Crippen LogP contribution in [0.2, 0.25) is 0 Å². The van der Waals surface area contributed by atoms with E-state index in [4.69, 9.17) is 5.26 Å². The first kappa shape index (κ1) is 13.1. The van der Waals surface area contributed by atoms with Crippen molar-refractivity contribution in [3.05, 3.63) is 0 Å². The molecule has 0 amide bonds. The molecule has 0 aromatic rings. The summed E-state index contributed by atoms with van der Waals surface area (Å²) in [5.41, 5.74) is -2.63. The Balaban J connectivity index is 2.39. The standard InChI is InChI=1S/C11H14F3N3O/c12-11(13,14)10(18)8-4-2-1-3-5-9(8)16-17(10)7-6-15/h8,18H,1-5,7H2/t8-,10+/m0/s1. The number of fused-ring (bicyclic) bond motifs is 1. The van der Waals surface area contributed by atoms with Crippen LogP contribution in [0.4, 0.5) is 13.2 Å². The SMILES string of the molecule is N#CCN1N=C2CCCCC[C@@H]2[C@@]1(O)C(F)(F)F. The molecule has 1 saturated carbocycles. The molecule has 1 aliphatic carbocycles. The van der Waals surface area contributed by atoms with Crippen molar-refractivity contribution in [3.63, 3.8) is 0 Å². The number of nitriles is 1. The summed E-state index contributed by atoms with van der Waals surface area (Å²) in [5.74, 6) is -1.03. The molecule has 7 heteroatoms. The lowest BCUT2D eigenvalue weighted by Gasteiger charge is -2.37. The fourth-order valence-electron chi connectivity index (χ4n) is 2.70. The molecule has 1 heterocycles. The summed E-state index contributed by atoms with van der Waals surface area (Å²) in [6, 6.07) is 1.62. The van der Waals surface area contributed by atoms with Gasteiger partial charge in [0.25, 0.3) is 5.72 Å². The summed E-state index contributed by atoms with van der Waals surface area (Å²) in [6.45, 7) is -0.560. The third-order valence-corrected chi connectivity index (χ3v) is 3.59. The number of halogens is 3. The summed E-state index contributed by atoms with van der Waals surface area (Å²) in [7, 11) is 0. The molecule has 4 nitrogen and oxygen atoms in total. The van der Waals surface area contributed by atoms with Gasteiger partial charge in [0.2, 0.25) is 0 Å². The highest BCUT2D eigenvalue weighted by Crippen LogP contribution is 2.47. The Bertz CT molecular complexity index is 401. The molecule has 1 fully saturated rings. The fourth-order valence-corrected chi connectivity index (χ4v) is 2.70. The van der Waals surface area contributed by atoms with E-state index in [0.29, 0.717) is 23.6 Å². The second-order valence-corrected chi connectivity index (χ2v) is 4.68. The molecule has 1 N–H and O–H groups in total. The number of rotatable bonds is 1. The predicted molar refractivity (Wildman–Crippen MR) is 57.3 cm³/mol. The summed E-state index contributed by atoms with van der Waals surface area (Å²) in [4.78, 5) is 0. The summed E-state index contributed by atoms with van der Waals surface area (Å²) < 4.78 is 39.4. The molecule has 0 aromatic carbocycles. The van der Waals surface area contributed by atoms with Gasteiger partial charge in [0.05, 0.1) is 12.0 Å². The average Bonchev–Trinajstić information content (AvgIpc) is 2.47. The monoisotopic (exact) mass is 261 g/mol. The minimum Gasteiger partial charge on any atom is -0.362 e. The van der Waals surface area contributed by atoms with Crippen LogP contribution >= 0.6 is 0 Å². The largest absolute Gasteiger partial charge is 0.438 e. The maximum Gasteiger partial charge on any atom is 0.438 e. The highest BCUT2D eigenvalue weighted by molar-refractivity contribution is 5.89. The van der Waals surface area contributed by atoms with Crippen LogP contribution in [0.1, 0.15) is 32.1 Å². The first-order valence-corrected chi connectivity index (χ1v) is 5.92. The smallest absolute Gasteiger partial charge is 0.362 e. The topological polar surface area (TPSA) is 59.6 Å². The van der Waals surface area contributed by atoms with Crippen LogP contribution in [0.15, 0.2) is 5.10 Å². The Labute approximate surface area is 103 Å². The van der Waals surface area contributed by atoms with Crippen LogP contribution in [0.3, 0.4) is 0 Å². The molecule has 2 aliphatic rings. The van der Waals surface area contributed by atoms with Crippen molar-refractivity contribution in [1.29, 1.82) is 5.26 Å². The van der Waals surface area contributed by atoms with E-state index in [1.165, 1.54) is 0 Å². The Morgan fingerprint density at radius 2 is 2.17 bits per heavy atom. The number of hydrogen-bond donors (Lipinski definition) is 1. The summed E-state index contributed by atoms with van der Waals surface area (Å²) >= 11 is 0. The number of alkyl halides is 3. The highest BCUT2D eigenvalue weighted by atomic mass is 19.4. The molecule has 0 saturated heterocycles. The zero-order chi connectivity index (χ0) is 13.4. The molecule has 0 spiro atoms. The number of hydrazone groups is 1. The van der Waals surface area contributed by atoms with E-state index >= 15 is 0 Å². The molecular weight excluding hydrogens is 247 g/mol. The molecule has 2 atom stereocenters. The maximum atomic E-state index is 13.1. The van der Waals surface area contributed by atoms with Gasteiger partial charge in [-0.05, 0) is 19.3 Å². The minimum absolute atomic E-state index is 0.261. The minimum atomic E-state index is -4.82. The zero-order valence-electron chi connectivity index (χ0n) is 9.74. The van der Waals surface area contributed by atoms with Gasteiger partial charge < -0.3 is 5.11 Å². The average molecular weight is 261 g/mol.